The number of rotatable bonds is 15. The van der Waals surface area contributed by atoms with E-state index in [0.717, 1.165) is 33.6 Å². The van der Waals surface area contributed by atoms with E-state index in [1.54, 1.807) is 13.2 Å². The summed E-state index contributed by atoms with van der Waals surface area (Å²) < 4.78 is 17.5. The zero-order valence-corrected chi connectivity index (χ0v) is 25.4. The molecule has 0 saturated heterocycles. The predicted molar refractivity (Wildman–Crippen MR) is 176 cm³/mol. The second-order valence-electron chi connectivity index (χ2n) is 10.8. The molecule has 1 heterocycles. The normalized spacial score (nSPS) is 17.2. The monoisotopic (exact) mass is 605 g/mol. The van der Waals surface area contributed by atoms with Gasteiger partial charge in [0.15, 0.2) is 11.6 Å². The summed E-state index contributed by atoms with van der Waals surface area (Å²) in [7, 11) is 1.64. The number of aliphatic hydroxyl groups is 1. The lowest BCUT2D eigenvalue weighted by Crippen LogP contribution is -2.52. The highest BCUT2D eigenvalue weighted by atomic mass is 16.5. The highest BCUT2D eigenvalue weighted by Crippen LogP contribution is 2.43. The molecule has 0 aliphatic carbocycles. The van der Waals surface area contributed by atoms with Gasteiger partial charge in [-0.15, -0.1) is 6.58 Å². The van der Waals surface area contributed by atoms with Gasteiger partial charge in [-0.1, -0.05) is 72.8 Å². The molecule has 1 aliphatic heterocycles. The molecule has 1 aliphatic rings. The van der Waals surface area contributed by atoms with Crippen LogP contribution in [0.5, 0.6) is 11.5 Å². The highest BCUT2D eigenvalue weighted by Gasteiger charge is 2.52. The van der Waals surface area contributed by atoms with E-state index in [4.69, 9.17) is 24.3 Å². The second kappa shape index (κ2) is 15.2. The van der Waals surface area contributed by atoms with E-state index < -0.39 is 11.6 Å². The number of nitrogens with one attached hydrogen (secondary N) is 2. The number of aliphatic hydroxyl groups excluding tert-OH is 1. The molecule has 4 aromatic carbocycles. The third-order valence-corrected chi connectivity index (χ3v) is 7.68. The van der Waals surface area contributed by atoms with E-state index in [1.165, 1.54) is 0 Å². The standard InChI is InChI=1S/C37H39N3O5/c1-3-22-37(36(42)40-38-23-21-27-9-7-12-33(26-27)43-2)34(30-15-13-29(14-16-30)28-10-5-4-6-11-28)45-35(39-37)31-17-19-32(20-18-31)44-25-8-24-41/h3-7,9-20,26,34,38,41H,1,8,21-25H2,2H3,(H,40,42)/t34-,37-/m0/s1. The molecular weight excluding hydrogens is 566 g/mol. The molecule has 4 aromatic rings. The van der Waals surface area contributed by atoms with Crippen molar-refractivity contribution in [2.45, 2.75) is 30.9 Å². The third-order valence-electron chi connectivity index (χ3n) is 7.68. The number of ether oxygens (including phenoxy) is 3. The lowest BCUT2D eigenvalue weighted by Gasteiger charge is -2.29. The van der Waals surface area contributed by atoms with Crippen molar-refractivity contribution in [1.82, 2.24) is 10.9 Å². The Balaban J connectivity index is 1.40. The molecule has 0 fully saturated rings. The van der Waals surface area contributed by atoms with Crippen molar-refractivity contribution in [2.75, 3.05) is 26.9 Å². The van der Waals surface area contributed by atoms with E-state index in [-0.39, 0.29) is 18.9 Å². The van der Waals surface area contributed by atoms with Gasteiger partial charge >= 0.3 is 0 Å². The van der Waals surface area contributed by atoms with Gasteiger partial charge in [0, 0.05) is 31.6 Å². The molecule has 3 N–H and O–H groups in total. The molecule has 0 aromatic heterocycles. The van der Waals surface area contributed by atoms with Gasteiger partial charge in [0.25, 0.3) is 5.91 Å². The Kier molecular flexibility index (Phi) is 10.6. The first-order valence-electron chi connectivity index (χ1n) is 15.1. The summed E-state index contributed by atoms with van der Waals surface area (Å²) in [5.41, 5.74) is 9.48. The number of aliphatic imine (C=N–C) groups is 1. The van der Waals surface area contributed by atoms with Crippen LogP contribution in [-0.2, 0) is 16.0 Å². The fourth-order valence-electron chi connectivity index (χ4n) is 5.30. The number of hydrazine groups is 1. The maximum atomic E-state index is 14.0. The Morgan fingerprint density at radius 2 is 1.69 bits per heavy atom. The Morgan fingerprint density at radius 1 is 0.956 bits per heavy atom. The molecule has 0 radical (unpaired) electrons. The number of nitrogens with zero attached hydrogens (tertiary/aromatic N) is 1. The van der Waals surface area contributed by atoms with Crippen LogP contribution in [0.4, 0.5) is 0 Å². The van der Waals surface area contributed by atoms with Crippen LogP contribution in [-0.4, -0.2) is 49.3 Å². The van der Waals surface area contributed by atoms with Crippen molar-refractivity contribution in [3.05, 3.63) is 132 Å². The van der Waals surface area contributed by atoms with Crippen LogP contribution in [0.2, 0.25) is 0 Å². The first-order chi connectivity index (χ1) is 22.1. The van der Waals surface area contributed by atoms with Gasteiger partial charge in [0.05, 0.1) is 13.7 Å². The molecule has 8 nitrogen and oxygen atoms in total. The number of methoxy groups -OCH3 is 1. The number of hydrogen-bond donors (Lipinski definition) is 3. The first-order valence-corrected chi connectivity index (χ1v) is 15.1. The fourth-order valence-corrected chi connectivity index (χ4v) is 5.30. The maximum Gasteiger partial charge on any atom is 0.266 e. The minimum Gasteiger partial charge on any atom is -0.497 e. The molecule has 0 unspecified atom stereocenters. The second-order valence-corrected chi connectivity index (χ2v) is 10.8. The highest BCUT2D eigenvalue weighted by molar-refractivity contribution is 6.01. The average molecular weight is 606 g/mol. The molecule has 0 bridgehead atoms. The van der Waals surface area contributed by atoms with Crippen LogP contribution >= 0.6 is 0 Å². The minimum absolute atomic E-state index is 0.0692. The van der Waals surface area contributed by atoms with E-state index in [1.807, 2.05) is 91.0 Å². The van der Waals surface area contributed by atoms with E-state index in [9.17, 15) is 4.79 Å². The fraction of sp³-hybridized carbons (Fsp3) is 0.243. The molecule has 8 heteroatoms. The van der Waals surface area contributed by atoms with Crippen molar-refractivity contribution in [1.29, 1.82) is 0 Å². The molecule has 232 valence electrons. The summed E-state index contributed by atoms with van der Waals surface area (Å²) in [6, 6.07) is 33.4. The van der Waals surface area contributed by atoms with Crippen LogP contribution in [0.3, 0.4) is 0 Å². The summed E-state index contributed by atoms with van der Waals surface area (Å²) in [6.07, 6.45) is 2.50. The quantitative estimate of drug-likeness (QED) is 0.0897. The van der Waals surface area contributed by atoms with Crippen molar-refractivity contribution >= 4 is 11.8 Å². The summed E-state index contributed by atoms with van der Waals surface area (Å²) in [6.45, 7) is 4.96. The molecule has 0 saturated carbocycles. The Hall–Kier alpha value is -4.92. The summed E-state index contributed by atoms with van der Waals surface area (Å²) >= 11 is 0. The van der Waals surface area contributed by atoms with E-state index in [0.29, 0.717) is 37.6 Å². The molecule has 45 heavy (non-hydrogen) atoms. The minimum atomic E-state index is -1.30. The van der Waals surface area contributed by atoms with E-state index in [2.05, 4.69) is 29.6 Å². The average Bonchev–Trinajstić information content (AvgIpc) is 3.48. The van der Waals surface area contributed by atoms with Crippen LogP contribution in [0.25, 0.3) is 11.1 Å². The summed E-state index contributed by atoms with van der Waals surface area (Å²) in [5.74, 6) is 1.51. The van der Waals surface area contributed by atoms with E-state index >= 15 is 0 Å². The largest absolute Gasteiger partial charge is 0.497 e. The Labute approximate surface area is 264 Å². The zero-order chi connectivity index (χ0) is 31.5. The Morgan fingerprint density at radius 3 is 2.40 bits per heavy atom. The first kappa shape index (κ1) is 31.5. The van der Waals surface area contributed by atoms with Gasteiger partial charge in [-0.25, -0.2) is 10.4 Å². The number of benzene rings is 4. The van der Waals surface area contributed by atoms with Gasteiger partial charge in [-0.3, -0.25) is 10.2 Å². The number of amides is 1. The smallest absolute Gasteiger partial charge is 0.266 e. The Bertz CT molecular complexity index is 1590. The molecule has 2 atom stereocenters. The van der Waals surface area contributed by atoms with Crippen molar-refractivity contribution < 1.29 is 24.1 Å². The lowest BCUT2D eigenvalue weighted by molar-refractivity contribution is -0.129. The number of carbonyl (C=O) groups excluding carboxylic acids is 1. The van der Waals surface area contributed by atoms with Crippen molar-refractivity contribution in [3.63, 3.8) is 0 Å². The van der Waals surface area contributed by atoms with Gasteiger partial charge in [-0.2, -0.15) is 0 Å². The molecular formula is C37H39N3O5. The summed E-state index contributed by atoms with van der Waals surface area (Å²) in [5, 5.41) is 9.04. The van der Waals surface area contributed by atoms with Gasteiger partial charge < -0.3 is 19.3 Å². The third kappa shape index (κ3) is 7.60. The van der Waals surface area contributed by atoms with Crippen LogP contribution in [0, 0.1) is 0 Å². The van der Waals surface area contributed by atoms with Crippen molar-refractivity contribution in [3.8, 4) is 22.6 Å². The van der Waals surface area contributed by atoms with Crippen LogP contribution < -0.4 is 20.3 Å². The SMILES string of the molecule is C=CC[C@]1(C(=O)NNCCc2cccc(OC)c2)N=C(c2ccc(OCCCO)cc2)O[C@H]1c1ccc(-c2ccccc2)cc1. The molecule has 1 amide bonds. The zero-order valence-electron chi connectivity index (χ0n) is 25.4. The van der Waals surface area contributed by atoms with Crippen LogP contribution in [0.1, 0.15) is 35.6 Å². The predicted octanol–water partition coefficient (Wildman–Crippen LogP) is 5.82. The summed E-state index contributed by atoms with van der Waals surface area (Å²) in [4.78, 5) is 19.0. The maximum absolute atomic E-state index is 14.0. The van der Waals surface area contributed by atoms with Gasteiger partial charge in [0.1, 0.15) is 11.5 Å². The van der Waals surface area contributed by atoms with Crippen LogP contribution in [0.15, 0.2) is 121 Å². The number of hydrogen-bond acceptors (Lipinski definition) is 7. The van der Waals surface area contributed by atoms with Gasteiger partial charge in [-0.05, 0) is 65.1 Å². The molecule has 5 rings (SSSR count). The lowest BCUT2D eigenvalue weighted by atomic mass is 9.84. The molecule has 0 spiro atoms. The van der Waals surface area contributed by atoms with Crippen molar-refractivity contribution in [2.24, 2.45) is 4.99 Å². The van der Waals surface area contributed by atoms with Gasteiger partial charge in [0.2, 0.25) is 5.90 Å². The number of carbonyl (C=O) groups is 1. The topological polar surface area (TPSA) is 101 Å².